The summed E-state index contributed by atoms with van der Waals surface area (Å²) >= 11 is 4.04. The van der Waals surface area contributed by atoms with E-state index in [0.29, 0.717) is 4.58 Å². The van der Waals surface area contributed by atoms with E-state index in [9.17, 15) is 4.79 Å². The molecule has 1 aromatic carbocycles. The summed E-state index contributed by atoms with van der Waals surface area (Å²) < 4.78 is 6.24. The number of carbonyl (C=O) groups is 1. The van der Waals surface area contributed by atoms with Crippen LogP contribution in [0.1, 0.15) is 23.5 Å². The molecule has 2 heterocycles. The highest BCUT2D eigenvalue weighted by atomic mass is 32.2. The van der Waals surface area contributed by atoms with Crippen LogP contribution in [0, 0.1) is 0 Å². The van der Waals surface area contributed by atoms with Crippen molar-refractivity contribution in [3.63, 3.8) is 0 Å². The summed E-state index contributed by atoms with van der Waals surface area (Å²) in [4.78, 5) is 16.5. The second kappa shape index (κ2) is 9.02. The first kappa shape index (κ1) is 18.0. The molecule has 2 saturated heterocycles. The van der Waals surface area contributed by atoms with Crippen molar-refractivity contribution in [2.45, 2.75) is 17.9 Å². The molecule has 0 radical (unpaired) electrons. The van der Waals surface area contributed by atoms with E-state index in [1.54, 1.807) is 0 Å². The lowest BCUT2D eigenvalue weighted by Crippen LogP contribution is -2.49. The highest BCUT2D eigenvalue weighted by molar-refractivity contribution is 8.16. The smallest absolute Gasteiger partial charge is 0.260 e. The molecule has 3 rings (SSSR count). The molecule has 0 N–H and O–H groups in total. The maximum atomic E-state index is 12.3. The number of piperazine rings is 1. The first-order valence-corrected chi connectivity index (χ1v) is 10.8. The van der Waals surface area contributed by atoms with Crippen molar-refractivity contribution >= 4 is 29.4 Å². The van der Waals surface area contributed by atoms with E-state index >= 15 is 0 Å². The van der Waals surface area contributed by atoms with E-state index < -0.39 is 0 Å². The topological polar surface area (TPSA) is 32.8 Å². The summed E-state index contributed by atoms with van der Waals surface area (Å²) in [5.41, 5.74) is 1.35. The molecule has 0 unspecified atom stereocenters. The molecule has 1 amide bonds. The average Bonchev–Trinajstić information content (AvgIpc) is 2.67. The summed E-state index contributed by atoms with van der Waals surface area (Å²) in [6.07, 6.45) is 1.31. The first-order valence-electron chi connectivity index (χ1n) is 8.72. The van der Waals surface area contributed by atoms with Crippen LogP contribution in [0.5, 0.6) is 5.75 Å². The molecule has 1 aromatic rings. The third kappa shape index (κ3) is 4.83. The van der Waals surface area contributed by atoms with Gasteiger partial charge in [0.1, 0.15) is 5.75 Å². The van der Waals surface area contributed by atoms with E-state index in [1.807, 2.05) is 40.6 Å². The van der Waals surface area contributed by atoms with E-state index in [4.69, 9.17) is 4.74 Å². The summed E-state index contributed by atoms with van der Waals surface area (Å²) in [7, 11) is 0. The fourth-order valence-corrected chi connectivity index (χ4v) is 5.85. The average molecular weight is 367 g/mol. The molecule has 24 heavy (non-hydrogen) atoms. The van der Waals surface area contributed by atoms with Gasteiger partial charge in [-0.3, -0.25) is 4.79 Å². The normalized spacial score (nSPS) is 20.1. The van der Waals surface area contributed by atoms with Crippen LogP contribution in [-0.4, -0.2) is 66.5 Å². The zero-order chi connectivity index (χ0) is 16.8. The van der Waals surface area contributed by atoms with Crippen molar-refractivity contribution in [3.05, 3.63) is 29.8 Å². The van der Waals surface area contributed by atoms with Crippen molar-refractivity contribution < 1.29 is 9.53 Å². The van der Waals surface area contributed by atoms with E-state index in [0.717, 1.165) is 38.5 Å². The molecule has 0 atom stereocenters. The zero-order valence-corrected chi connectivity index (χ0v) is 15.9. The van der Waals surface area contributed by atoms with Gasteiger partial charge in [0.25, 0.3) is 5.91 Å². The molecule has 0 saturated carbocycles. The Morgan fingerprint density at radius 2 is 1.79 bits per heavy atom. The van der Waals surface area contributed by atoms with Crippen molar-refractivity contribution in [1.82, 2.24) is 9.80 Å². The summed E-state index contributed by atoms with van der Waals surface area (Å²) in [5, 5.41) is 0. The number of benzene rings is 1. The second-order valence-electron chi connectivity index (χ2n) is 6.10. The van der Waals surface area contributed by atoms with Gasteiger partial charge in [0.2, 0.25) is 0 Å². The third-order valence-corrected chi connectivity index (χ3v) is 7.53. The zero-order valence-electron chi connectivity index (χ0n) is 14.3. The molecular formula is C18H26N2O2S2. The minimum Gasteiger partial charge on any atom is -0.484 e. The lowest BCUT2D eigenvalue weighted by molar-refractivity contribution is -0.135. The number of hydrogen-bond donors (Lipinski definition) is 0. The van der Waals surface area contributed by atoms with Crippen LogP contribution in [-0.2, 0) is 4.79 Å². The lowest BCUT2D eigenvalue weighted by atomic mass is 10.2. The number of carbonyl (C=O) groups excluding carboxylic acids is 1. The van der Waals surface area contributed by atoms with Crippen LogP contribution < -0.4 is 4.74 Å². The highest BCUT2D eigenvalue weighted by Crippen LogP contribution is 2.43. The third-order valence-electron chi connectivity index (χ3n) is 4.51. The van der Waals surface area contributed by atoms with Gasteiger partial charge < -0.3 is 14.5 Å². The number of hydrogen-bond acceptors (Lipinski definition) is 5. The van der Waals surface area contributed by atoms with Crippen molar-refractivity contribution in [2.75, 3.05) is 50.8 Å². The minimum absolute atomic E-state index is 0.0909. The Hall–Kier alpha value is -0.850. The molecule has 6 heteroatoms. The van der Waals surface area contributed by atoms with Crippen LogP contribution in [0.25, 0.3) is 0 Å². The van der Waals surface area contributed by atoms with Gasteiger partial charge in [0.05, 0.1) is 4.58 Å². The van der Waals surface area contributed by atoms with Gasteiger partial charge in [-0.2, -0.15) is 0 Å². The van der Waals surface area contributed by atoms with Gasteiger partial charge in [-0.25, -0.2) is 0 Å². The Bertz CT molecular complexity index is 524. The summed E-state index contributed by atoms with van der Waals surface area (Å²) in [6, 6.07) is 8.26. The minimum atomic E-state index is 0.0909. The molecule has 2 aliphatic heterocycles. The Labute approximate surface area is 153 Å². The fraction of sp³-hybridized carbons (Fsp3) is 0.611. The number of likely N-dealkylation sites (N-methyl/N-ethyl adjacent to an activating group) is 1. The number of thioether (sulfide) groups is 2. The Kier molecular flexibility index (Phi) is 6.75. The lowest BCUT2D eigenvalue weighted by Gasteiger charge is -2.33. The Morgan fingerprint density at radius 3 is 2.42 bits per heavy atom. The Morgan fingerprint density at radius 1 is 1.12 bits per heavy atom. The van der Waals surface area contributed by atoms with Crippen LogP contribution in [0.2, 0.25) is 0 Å². The molecule has 0 aliphatic carbocycles. The van der Waals surface area contributed by atoms with Gasteiger partial charge in [-0.1, -0.05) is 19.1 Å². The summed E-state index contributed by atoms with van der Waals surface area (Å²) in [6.45, 7) is 6.91. The van der Waals surface area contributed by atoms with Crippen LogP contribution in [0.4, 0.5) is 0 Å². The maximum absolute atomic E-state index is 12.3. The van der Waals surface area contributed by atoms with Gasteiger partial charge in [0, 0.05) is 26.2 Å². The molecular weight excluding hydrogens is 340 g/mol. The number of amides is 1. The van der Waals surface area contributed by atoms with Crippen LogP contribution in [0.15, 0.2) is 24.3 Å². The SMILES string of the molecule is CCN1CCN(C(=O)COc2ccc(C3SCCCS3)cc2)CC1. The number of nitrogens with zero attached hydrogens (tertiary/aromatic N) is 2. The van der Waals surface area contributed by atoms with E-state index in [-0.39, 0.29) is 12.5 Å². The first-order chi connectivity index (χ1) is 11.8. The summed E-state index contributed by atoms with van der Waals surface area (Å²) in [5.74, 6) is 3.36. The van der Waals surface area contributed by atoms with Gasteiger partial charge in [-0.15, -0.1) is 23.5 Å². The fourth-order valence-electron chi connectivity index (χ4n) is 2.95. The van der Waals surface area contributed by atoms with E-state index in [1.165, 1.54) is 23.5 Å². The largest absolute Gasteiger partial charge is 0.484 e. The molecule has 0 spiro atoms. The van der Waals surface area contributed by atoms with Crippen molar-refractivity contribution in [1.29, 1.82) is 0 Å². The van der Waals surface area contributed by atoms with Gasteiger partial charge >= 0.3 is 0 Å². The standard InChI is InChI=1S/C18H26N2O2S2/c1-2-19-8-10-20(11-9-19)17(21)14-22-16-6-4-15(5-7-16)18-23-12-3-13-24-18/h4-7,18H,2-3,8-14H2,1H3. The Balaban J connectivity index is 1.45. The quantitative estimate of drug-likeness (QED) is 0.800. The highest BCUT2D eigenvalue weighted by Gasteiger charge is 2.20. The number of ether oxygens (including phenoxy) is 1. The van der Waals surface area contributed by atoms with Gasteiger partial charge in [0.15, 0.2) is 6.61 Å². The van der Waals surface area contributed by atoms with E-state index in [2.05, 4.69) is 24.0 Å². The van der Waals surface area contributed by atoms with Crippen molar-refractivity contribution in [2.24, 2.45) is 0 Å². The molecule has 2 fully saturated rings. The molecule has 4 nitrogen and oxygen atoms in total. The van der Waals surface area contributed by atoms with Crippen LogP contribution >= 0.6 is 23.5 Å². The molecule has 2 aliphatic rings. The molecule has 132 valence electrons. The monoisotopic (exact) mass is 366 g/mol. The second-order valence-corrected chi connectivity index (χ2v) is 8.82. The van der Waals surface area contributed by atoms with Crippen LogP contribution in [0.3, 0.4) is 0 Å². The number of rotatable bonds is 5. The van der Waals surface area contributed by atoms with Crippen molar-refractivity contribution in [3.8, 4) is 5.75 Å². The predicted molar refractivity (Wildman–Crippen MR) is 103 cm³/mol. The molecule has 0 aromatic heterocycles. The maximum Gasteiger partial charge on any atom is 0.260 e. The molecule has 0 bridgehead atoms. The predicted octanol–water partition coefficient (Wildman–Crippen LogP) is 3.10. The van der Waals surface area contributed by atoms with Gasteiger partial charge in [-0.05, 0) is 42.2 Å².